The van der Waals surface area contributed by atoms with Crippen LogP contribution in [-0.2, 0) is 11.3 Å². The Kier molecular flexibility index (Phi) is 2.98. The van der Waals surface area contributed by atoms with Crippen LogP contribution >= 0.6 is 11.6 Å². The molecule has 0 amide bonds. The molecule has 0 spiro atoms. The maximum Gasteiger partial charge on any atom is 0.0641 e. The summed E-state index contributed by atoms with van der Waals surface area (Å²) in [7, 11) is 1.72. The molecule has 15 heavy (non-hydrogen) atoms. The summed E-state index contributed by atoms with van der Waals surface area (Å²) in [6.07, 6.45) is 2.08. The van der Waals surface area contributed by atoms with Crippen molar-refractivity contribution >= 4 is 22.5 Å². The lowest BCUT2D eigenvalue weighted by Gasteiger charge is -2.07. The van der Waals surface area contributed by atoms with Gasteiger partial charge in [-0.05, 0) is 30.7 Å². The molecule has 0 aliphatic heterocycles. The zero-order chi connectivity index (χ0) is 10.8. The minimum absolute atomic E-state index is 0.728. The highest BCUT2D eigenvalue weighted by Crippen LogP contribution is 2.24. The van der Waals surface area contributed by atoms with Crippen LogP contribution in [0.3, 0.4) is 0 Å². The molecule has 3 heteroatoms. The maximum atomic E-state index is 6.00. The van der Waals surface area contributed by atoms with Gasteiger partial charge in [0, 0.05) is 30.3 Å². The second kappa shape index (κ2) is 4.25. The van der Waals surface area contributed by atoms with Gasteiger partial charge in [-0.3, -0.25) is 0 Å². The Labute approximate surface area is 94.4 Å². The largest absolute Gasteiger partial charge is 0.383 e. The molecule has 0 fully saturated rings. The fourth-order valence-corrected chi connectivity index (χ4v) is 2.18. The molecule has 1 aromatic heterocycles. The van der Waals surface area contributed by atoms with Gasteiger partial charge in [-0.25, -0.2) is 0 Å². The van der Waals surface area contributed by atoms with Crippen LogP contribution in [0.25, 0.3) is 10.9 Å². The van der Waals surface area contributed by atoms with Crippen molar-refractivity contribution in [2.45, 2.75) is 13.5 Å². The summed E-state index contributed by atoms with van der Waals surface area (Å²) < 4.78 is 7.28. The fraction of sp³-hybridized carbons (Fsp3) is 0.333. The van der Waals surface area contributed by atoms with Crippen LogP contribution < -0.4 is 0 Å². The molecule has 0 saturated heterocycles. The van der Waals surface area contributed by atoms with E-state index < -0.39 is 0 Å². The Hall–Kier alpha value is -0.990. The summed E-state index contributed by atoms with van der Waals surface area (Å²) in [6.45, 7) is 3.69. The Morgan fingerprint density at radius 1 is 1.40 bits per heavy atom. The Morgan fingerprint density at radius 3 is 2.93 bits per heavy atom. The van der Waals surface area contributed by atoms with E-state index >= 15 is 0 Å². The van der Waals surface area contributed by atoms with Gasteiger partial charge in [0.2, 0.25) is 0 Å². The van der Waals surface area contributed by atoms with E-state index in [1.165, 1.54) is 16.5 Å². The number of methoxy groups -OCH3 is 1. The molecule has 0 unspecified atom stereocenters. The van der Waals surface area contributed by atoms with Crippen LogP contribution in [0.2, 0.25) is 5.02 Å². The summed E-state index contributed by atoms with van der Waals surface area (Å²) >= 11 is 6.00. The minimum Gasteiger partial charge on any atom is -0.383 e. The second-order valence-corrected chi connectivity index (χ2v) is 4.10. The number of rotatable bonds is 3. The van der Waals surface area contributed by atoms with Crippen molar-refractivity contribution < 1.29 is 4.74 Å². The molecular formula is C12H14ClNO. The Balaban J connectivity index is 2.49. The van der Waals surface area contributed by atoms with E-state index in [2.05, 4.69) is 23.8 Å². The summed E-state index contributed by atoms with van der Waals surface area (Å²) in [5.74, 6) is 0. The SMILES string of the molecule is COCCn1ccc2cc(Cl)cc(C)c21. The van der Waals surface area contributed by atoms with Crippen molar-refractivity contribution in [2.24, 2.45) is 0 Å². The molecule has 0 atom stereocenters. The number of hydrogen-bond acceptors (Lipinski definition) is 1. The summed E-state index contributed by atoms with van der Waals surface area (Å²) in [5, 5.41) is 1.99. The first-order valence-corrected chi connectivity index (χ1v) is 5.34. The van der Waals surface area contributed by atoms with Gasteiger partial charge in [-0.2, -0.15) is 0 Å². The third-order valence-electron chi connectivity index (χ3n) is 2.55. The molecule has 2 nitrogen and oxygen atoms in total. The number of ether oxygens (including phenoxy) is 1. The zero-order valence-electron chi connectivity index (χ0n) is 8.96. The highest BCUT2D eigenvalue weighted by Gasteiger charge is 2.04. The number of nitrogens with zero attached hydrogens (tertiary/aromatic N) is 1. The average molecular weight is 224 g/mol. The van der Waals surface area contributed by atoms with Crippen LogP contribution in [0.1, 0.15) is 5.56 Å². The zero-order valence-corrected chi connectivity index (χ0v) is 9.71. The van der Waals surface area contributed by atoms with Gasteiger partial charge in [0.25, 0.3) is 0 Å². The monoisotopic (exact) mass is 223 g/mol. The normalized spacial score (nSPS) is 11.1. The molecule has 0 aliphatic rings. The summed E-state index contributed by atoms with van der Waals surface area (Å²) in [6, 6.07) is 6.07. The molecule has 0 radical (unpaired) electrons. The lowest BCUT2D eigenvalue weighted by Crippen LogP contribution is -2.03. The third-order valence-corrected chi connectivity index (χ3v) is 2.77. The number of fused-ring (bicyclic) bond motifs is 1. The maximum absolute atomic E-state index is 6.00. The quantitative estimate of drug-likeness (QED) is 0.779. The van der Waals surface area contributed by atoms with Gasteiger partial charge < -0.3 is 9.30 Å². The highest BCUT2D eigenvalue weighted by molar-refractivity contribution is 6.31. The van der Waals surface area contributed by atoms with Crippen LogP contribution in [0.4, 0.5) is 0 Å². The number of benzene rings is 1. The molecular weight excluding hydrogens is 210 g/mol. The number of hydrogen-bond donors (Lipinski definition) is 0. The number of halogens is 1. The molecule has 1 aromatic carbocycles. The Morgan fingerprint density at radius 2 is 2.20 bits per heavy atom. The van der Waals surface area contributed by atoms with Gasteiger partial charge in [0.15, 0.2) is 0 Å². The smallest absolute Gasteiger partial charge is 0.0641 e. The molecule has 1 heterocycles. The predicted molar refractivity (Wildman–Crippen MR) is 63.6 cm³/mol. The number of aryl methyl sites for hydroxylation is 1. The van der Waals surface area contributed by atoms with Crippen LogP contribution in [0.5, 0.6) is 0 Å². The van der Waals surface area contributed by atoms with E-state index in [4.69, 9.17) is 16.3 Å². The fourth-order valence-electron chi connectivity index (χ4n) is 1.90. The van der Waals surface area contributed by atoms with E-state index in [1.54, 1.807) is 7.11 Å². The van der Waals surface area contributed by atoms with Crippen LogP contribution in [0, 0.1) is 6.92 Å². The van der Waals surface area contributed by atoms with Crippen molar-refractivity contribution in [2.75, 3.05) is 13.7 Å². The lowest BCUT2D eigenvalue weighted by atomic mass is 10.2. The first kappa shape index (κ1) is 10.5. The highest BCUT2D eigenvalue weighted by atomic mass is 35.5. The van der Waals surface area contributed by atoms with Crippen molar-refractivity contribution in [3.63, 3.8) is 0 Å². The minimum atomic E-state index is 0.728. The van der Waals surface area contributed by atoms with E-state index in [1.807, 2.05) is 12.1 Å². The Bertz CT molecular complexity index is 476. The molecule has 2 rings (SSSR count). The number of aromatic nitrogens is 1. The topological polar surface area (TPSA) is 14.2 Å². The van der Waals surface area contributed by atoms with E-state index in [0.717, 1.165) is 18.2 Å². The van der Waals surface area contributed by atoms with Gasteiger partial charge in [-0.15, -0.1) is 0 Å². The summed E-state index contributed by atoms with van der Waals surface area (Å²) in [4.78, 5) is 0. The van der Waals surface area contributed by atoms with E-state index in [0.29, 0.717) is 0 Å². The third kappa shape index (κ3) is 2.01. The van der Waals surface area contributed by atoms with Crippen LogP contribution in [0.15, 0.2) is 24.4 Å². The van der Waals surface area contributed by atoms with Gasteiger partial charge in [0.05, 0.1) is 12.1 Å². The van der Waals surface area contributed by atoms with Crippen molar-refractivity contribution in [1.82, 2.24) is 4.57 Å². The molecule has 2 aromatic rings. The molecule has 80 valence electrons. The van der Waals surface area contributed by atoms with Crippen molar-refractivity contribution in [3.8, 4) is 0 Å². The second-order valence-electron chi connectivity index (χ2n) is 3.66. The van der Waals surface area contributed by atoms with Gasteiger partial charge >= 0.3 is 0 Å². The lowest BCUT2D eigenvalue weighted by molar-refractivity contribution is 0.188. The first-order valence-electron chi connectivity index (χ1n) is 4.96. The molecule has 0 aliphatic carbocycles. The molecule has 0 saturated carbocycles. The van der Waals surface area contributed by atoms with E-state index in [-0.39, 0.29) is 0 Å². The van der Waals surface area contributed by atoms with Crippen LogP contribution in [-0.4, -0.2) is 18.3 Å². The van der Waals surface area contributed by atoms with Gasteiger partial charge in [-0.1, -0.05) is 11.6 Å². The van der Waals surface area contributed by atoms with E-state index in [9.17, 15) is 0 Å². The predicted octanol–water partition coefficient (Wildman–Crippen LogP) is 3.25. The molecule has 0 bridgehead atoms. The van der Waals surface area contributed by atoms with Crippen molar-refractivity contribution in [1.29, 1.82) is 0 Å². The van der Waals surface area contributed by atoms with Crippen molar-refractivity contribution in [3.05, 3.63) is 35.0 Å². The summed E-state index contributed by atoms with van der Waals surface area (Å²) in [5.41, 5.74) is 2.45. The first-order chi connectivity index (χ1) is 7.22. The molecule has 0 N–H and O–H groups in total. The standard InChI is InChI=1S/C12H14ClNO/c1-9-7-11(13)8-10-3-4-14(12(9)10)5-6-15-2/h3-4,7-8H,5-6H2,1-2H3. The average Bonchev–Trinajstić information content (AvgIpc) is 2.58. The van der Waals surface area contributed by atoms with Gasteiger partial charge in [0.1, 0.15) is 0 Å².